The van der Waals surface area contributed by atoms with Crippen molar-refractivity contribution in [2.24, 2.45) is 10.3 Å². The van der Waals surface area contributed by atoms with E-state index < -0.39 is 0 Å². The monoisotopic (exact) mass is 528 g/mol. The molecule has 0 unspecified atom stereocenters. The van der Waals surface area contributed by atoms with Crippen LogP contribution in [-0.2, 0) is 0 Å². The van der Waals surface area contributed by atoms with Gasteiger partial charge in [0.05, 0.1) is 20.4 Å². The third-order valence-corrected chi connectivity index (χ3v) is 10.4. The van der Waals surface area contributed by atoms with Crippen LogP contribution in [0, 0.1) is 0 Å². The van der Waals surface area contributed by atoms with Gasteiger partial charge in [0.1, 0.15) is 0 Å². The minimum Gasteiger partial charge on any atom is -0.272 e. The minimum atomic E-state index is 0.713. The Morgan fingerprint density at radius 1 is 0.618 bits per heavy atom. The molecule has 4 aromatic rings. The summed E-state index contributed by atoms with van der Waals surface area (Å²) in [6.07, 6.45) is 13.5. The summed E-state index contributed by atoms with van der Waals surface area (Å²) in [7, 11) is 0. The Kier molecular flexibility index (Phi) is 8.45. The number of aromatic nitrogens is 2. The summed E-state index contributed by atoms with van der Waals surface area (Å²) in [6.45, 7) is 0. The molecule has 2 heterocycles. The molecule has 0 amide bonds. The average molecular weight is 529 g/mol. The van der Waals surface area contributed by atoms with Crippen LogP contribution in [0.3, 0.4) is 0 Å². The number of thiazole rings is 2. The van der Waals surface area contributed by atoms with E-state index in [1.807, 2.05) is 0 Å². The number of nitrogens with two attached hydrogens (primary N) is 2. The summed E-state index contributed by atoms with van der Waals surface area (Å²) in [5.41, 5.74) is 5.27. The Labute approximate surface area is 218 Å². The molecule has 0 spiro atoms. The molecule has 0 radical (unpaired) electrons. The van der Waals surface area contributed by atoms with Crippen molar-refractivity contribution in [1.82, 2.24) is 9.97 Å². The fourth-order valence-electron chi connectivity index (χ4n) is 5.49. The second-order valence-corrected chi connectivity index (χ2v) is 13.1. The normalized spacial score (nSPS) is 17.7. The topological polar surface area (TPSA) is 77.8 Å². The van der Waals surface area contributed by atoms with Gasteiger partial charge in [0.2, 0.25) is 0 Å². The highest BCUT2D eigenvalue weighted by Gasteiger charge is 2.20. The van der Waals surface area contributed by atoms with Gasteiger partial charge in [-0.3, -0.25) is 10.3 Å². The van der Waals surface area contributed by atoms with E-state index in [1.54, 1.807) is 22.7 Å². The molecule has 0 bridgehead atoms. The van der Waals surface area contributed by atoms with Gasteiger partial charge in [-0.1, -0.05) is 62.8 Å². The van der Waals surface area contributed by atoms with Crippen molar-refractivity contribution < 1.29 is 0 Å². The van der Waals surface area contributed by atoms with E-state index in [-0.39, 0.29) is 0 Å². The zero-order chi connectivity index (χ0) is 23.3. The Balaban J connectivity index is 0.000000142. The van der Waals surface area contributed by atoms with Crippen molar-refractivity contribution >= 4 is 67.0 Å². The third-order valence-electron chi connectivity index (χ3n) is 7.15. The van der Waals surface area contributed by atoms with Crippen LogP contribution in [0.15, 0.2) is 45.1 Å². The van der Waals surface area contributed by atoms with Crippen molar-refractivity contribution in [1.29, 1.82) is 0 Å². The molecule has 2 aromatic carbocycles. The van der Waals surface area contributed by atoms with Crippen molar-refractivity contribution in [3.63, 3.8) is 0 Å². The smallest absolute Gasteiger partial charge is 0.165 e. The molecule has 2 saturated carbocycles. The highest BCUT2D eigenvalue weighted by atomic mass is 32.2. The quantitative estimate of drug-likeness (QED) is 0.258. The van der Waals surface area contributed by atoms with Gasteiger partial charge in [-0.05, 0) is 84.7 Å². The fraction of sp³-hybridized carbons (Fsp3) is 0.462. The van der Waals surface area contributed by atoms with Crippen LogP contribution in [0.25, 0.3) is 20.4 Å². The lowest BCUT2D eigenvalue weighted by atomic mass is 9.84. The van der Waals surface area contributed by atoms with E-state index in [0.29, 0.717) is 11.8 Å². The van der Waals surface area contributed by atoms with Crippen molar-refractivity contribution in [2.75, 3.05) is 0 Å². The second-order valence-electron chi connectivity index (χ2n) is 9.25. The van der Waals surface area contributed by atoms with Gasteiger partial charge in [-0.2, -0.15) is 0 Å². The molecule has 2 aliphatic carbocycles. The third kappa shape index (κ3) is 5.47. The fourth-order valence-corrected chi connectivity index (χ4v) is 8.16. The van der Waals surface area contributed by atoms with Crippen LogP contribution < -0.4 is 10.3 Å². The maximum absolute atomic E-state index is 5.61. The van der Waals surface area contributed by atoms with Crippen LogP contribution >= 0.6 is 46.6 Å². The van der Waals surface area contributed by atoms with E-state index in [0.717, 1.165) is 8.68 Å². The highest BCUT2D eigenvalue weighted by molar-refractivity contribution is 7.99. The molecule has 8 heteroatoms. The number of benzene rings is 2. The molecule has 6 rings (SSSR count). The molecule has 4 nitrogen and oxygen atoms in total. The lowest BCUT2D eigenvalue weighted by Gasteiger charge is -2.22. The Hall–Kier alpha value is -1.16. The maximum Gasteiger partial charge on any atom is 0.165 e. The lowest BCUT2D eigenvalue weighted by molar-refractivity contribution is 0.445. The number of para-hydroxylation sites is 2. The van der Waals surface area contributed by atoms with Crippen LogP contribution in [0.1, 0.15) is 87.2 Å². The van der Waals surface area contributed by atoms with E-state index in [4.69, 9.17) is 10.3 Å². The first-order chi connectivity index (χ1) is 16.8. The van der Waals surface area contributed by atoms with Crippen molar-refractivity contribution in [3.8, 4) is 0 Å². The molecule has 2 aromatic heterocycles. The molecular formula is C26H32N4S4. The second kappa shape index (κ2) is 11.7. The summed E-state index contributed by atoms with van der Waals surface area (Å²) in [6, 6.07) is 13.1. The van der Waals surface area contributed by atoms with E-state index >= 15 is 0 Å². The van der Waals surface area contributed by atoms with Crippen molar-refractivity contribution in [2.45, 2.75) is 84.7 Å². The van der Waals surface area contributed by atoms with Crippen LogP contribution in [0.5, 0.6) is 0 Å². The standard InChI is InChI=1S/2C13H16N2S2/c2*14-17-13-15-12-10(7-4-8-11(12)16-13)9-5-2-1-3-6-9/h2*4,7-9H,1-3,5-6,14H2. The van der Waals surface area contributed by atoms with E-state index in [1.165, 1.54) is 120 Å². The zero-order valence-corrected chi connectivity index (χ0v) is 22.6. The van der Waals surface area contributed by atoms with Gasteiger partial charge in [0, 0.05) is 0 Å². The van der Waals surface area contributed by atoms with Gasteiger partial charge in [-0.15, -0.1) is 22.7 Å². The Bertz CT molecular complexity index is 1130. The Morgan fingerprint density at radius 3 is 1.41 bits per heavy atom. The van der Waals surface area contributed by atoms with E-state index in [9.17, 15) is 0 Å². The van der Waals surface area contributed by atoms with Crippen LogP contribution in [0.2, 0.25) is 0 Å². The first-order valence-electron chi connectivity index (χ1n) is 12.3. The summed E-state index contributed by atoms with van der Waals surface area (Å²) >= 11 is 5.92. The van der Waals surface area contributed by atoms with Crippen molar-refractivity contribution in [3.05, 3.63) is 47.5 Å². The van der Waals surface area contributed by atoms with Gasteiger partial charge >= 0.3 is 0 Å². The average Bonchev–Trinajstić information content (AvgIpc) is 3.53. The predicted molar refractivity (Wildman–Crippen MR) is 151 cm³/mol. The zero-order valence-electron chi connectivity index (χ0n) is 19.4. The molecule has 2 fully saturated rings. The summed E-state index contributed by atoms with van der Waals surface area (Å²) in [5.74, 6) is 1.43. The number of rotatable bonds is 4. The molecule has 0 saturated heterocycles. The summed E-state index contributed by atoms with van der Waals surface area (Å²) in [4.78, 5) is 9.33. The molecule has 2 aliphatic rings. The van der Waals surface area contributed by atoms with Gasteiger partial charge in [0.25, 0.3) is 0 Å². The number of hydrogen-bond acceptors (Lipinski definition) is 8. The molecule has 4 N–H and O–H groups in total. The number of hydrogen-bond donors (Lipinski definition) is 2. The first kappa shape index (κ1) is 24.5. The number of nitrogens with zero attached hydrogens (tertiary/aromatic N) is 2. The number of fused-ring (bicyclic) bond motifs is 2. The van der Waals surface area contributed by atoms with Crippen LogP contribution in [0.4, 0.5) is 0 Å². The molecule has 0 aliphatic heterocycles. The summed E-state index contributed by atoms with van der Waals surface area (Å²) < 4.78 is 4.51. The molecule has 34 heavy (non-hydrogen) atoms. The van der Waals surface area contributed by atoms with Gasteiger partial charge in [-0.25, -0.2) is 9.97 Å². The van der Waals surface area contributed by atoms with Gasteiger partial charge < -0.3 is 0 Å². The van der Waals surface area contributed by atoms with Crippen LogP contribution in [-0.4, -0.2) is 9.97 Å². The Morgan fingerprint density at radius 2 is 1.03 bits per heavy atom. The van der Waals surface area contributed by atoms with Gasteiger partial charge in [0.15, 0.2) is 8.68 Å². The maximum atomic E-state index is 5.61. The lowest BCUT2D eigenvalue weighted by Crippen LogP contribution is -2.04. The molecular weight excluding hydrogens is 497 g/mol. The van der Waals surface area contributed by atoms with E-state index in [2.05, 4.69) is 46.4 Å². The predicted octanol–water partition coefficient (Wildman–Crippen LogP) is 8.62. The largest absolute Gasteiger partial charge is 0.272 e. The molecule has 180 valence electrons. The first-order valence-corrected chi connectivity index (χ1v) is 15.7. The molecule has 0 atom stereocenters. The minimum absolute atomic E-state index is 0.713. The summed E-state index contributed by atoms with van der Waals surface area (Å²) in [5, 5.41) is 11.2. The highest BCUT2D eigenvalue weighted by Crippen LogP contribution is 2.39. The SMILES string of the molecule is NSc1nc2c(C3CCCCC3)cccc2s1.NSc1nc2c(C3CCCCC3)cccc2s1.